The third-order valence-corrected chi connectivity index (χ3v) is 3.31. The van der Waals surface area contributed by atoms with Crippen LogP contribution in [0.5, 0.6) is 0 Å². The van der Waals surface area contributed by atoms with Crippen molar-refractivity contribution < 1.29 is 14.4 Å². The summed E-state index contributed by atoms with van der Waals surface area (Å²) in [5.41, 5.74) is 0.489. The van der Waals surface area contributed by atoms with Crippen molar-refractivity contribution in [1.82, 2.24) is 15.5 Å². The summed E-state index contributed by atoms with van der Waals surface area (Å²) in [7, 11) is 0. The quantitative estimate of drug-likeness (QED) is 0.851. The van der Waals surface area contributed by atoms with Crippen molar-refractivity contribution in [2.45, 2.75) is 32.3 Å². The summed E-state index contributed by atoms with van der Waals surface area (Å²) in [5.74, 6) is 0.796. The molecule has 0 fully saturated rings. The van der Waals surface area contributed by atoms with Gasteiger partial charge in [0, 0.05) is 23.9 Å². The van der Waals surface area contributed by atoms with Gasteiger partial charge in [-0.05, 0) is 17.7 Å². The van der Waals surface area contributed by atoms with Gasteiger partial charge in [0.05, 0.1) is 0 Å². The molecular weight excluding hydrogens is 306 g/mol. The first-order chi connectivity index (χ1) is 10.5. The number of carbonyl (C=O) groups is 1. The number of carbonyl (C=O) groups excluding carboxylic acids is 1. The van der Waals surface area contributed by atoms with Gasteiger partial charge >= 0.3 is 0 Å². The number of hydrogen-bond donors (Lipinski definition) is 2. The summed E-state index contributed by atoms with van der Waals surface area (Å²) in [6.07, 6.45) is -0.788. The Morgan fingerprint density at radius 2 is 2.05 bits per heavy atom. The zero-order valence-corrected chi connectivity index (χ0v) is 13.2. The number of amides is 1. The molecule has 2 N–H and O–H groups in total. The summed E-state index contributed by atoms with van der Waals surface area (Å²) in [6, 6.07) is 6.47. The van der Waals surface area contributed by atoms with E-state index in [4.69, 9.17) is 16.1 Å². The highest BCUT2D eigenvalue weighted by Gasteiger charge is 2.17. The van der Waals surface area contributed by atoms with Crippen molar-refractivity contribution in [2.75, 3.05) is 6.54 Å². The Labute approximate surface area is 133 Å². The monoisotopic (exact) mass is 323 g/mol. The molecule has 0 aliphatic rings. The second-order valence-electron chi connectivity index (χ2n) is 5.20. The summed E-state index contributed by atoms with van der Waals surface area (Å²) >= 11 is 5.77. The molecule has 7 heteroatoms. The molecule has 0 aliphatic heterocycles. The molecule has 0 radical (unpaired) electrons. The minimum atomic E-state index is -1.23. The number of rotatable bonds is 6. The number of aromatic nitrogens is 2. The Bertz CT molecular complexity index is 625. The van der Waals surface area contributed by atoms with E-state index in [1.165, 1.54) is 0 Å². The second kappa shape index (κ2) is 7.38. The smallest absolute Gasteiger partial charge is 0.253 e. The van der Waals surface area contributed by atoms with E-state index in [9.17, 15) is 9.90 Å². The highest BCUT2D eigenvalue weighted by atomic mass is 35.5. The molecule has 0 saturated carbocycles. The maximum atomic E-state index is 11.9. The SMILES string of the molecule is CC(C)c1nc(CCNC(=O)[C@@H](O)c2ccc(Cl)cc2)no1. The van der Waals surface area contributed by atoms with Gasteiger partial charge < -0.3 is 14.9 Å². The van der Waals surface area contributed by atoms with Gasteiger partial charge in [-0.15, -0.1) is 0 Å². The molecule has 0 saturated heterocycles. The first kappa shape index (κ1) is 16.5. The van der Waals surface area contributed by atoms with Crippen molar-refractivity contribution in [3.05, 3.63) is 46.6 Å². The van der Waals surface area contributed by atoms with Crippen LogP contribution in [0.15, 0.2) is 28.8 Å². The van der Waals surface area contributed by atoms with Crippen LogP contribution in [-0.2, 0) is 11.2 Å². The van der Waals surface area contributed by atoms with Crippen molar-refractivity contribution in [2.24, 2.45) is 0 Å². The molecule has 0 unspecified atom stereocenters. The van der Waals surface area contributed by atoms with Crippen LogP contribution in [0, 0.1) is 0 Å². The van der Waals surface area contributed by atoms with Crippen LogP contribution >= 0.6 is 11.6 Å². The largest absolute Gasteiger partial charge is 0.378 e. The maximum absolute atomic E-state index is 11.9. The zero-order valence-electron chi connectivity index (χ0n) is 12.4. The Morgan fingerprint density at radius 1 is 1.36 bits per heavy atom. The molecule has 0 spiro atoms. The predicted molar refractivity (Wildman–Crippen MR) is 81.5 cm³/mol. The van der Waals surface area contributed by atoms with E-state index in [2.05, 4.69) is 15.5 Å². The Balaban J connectivity index is 1.83. The maximum Gasteiger partial charge on any atom is 0.253 e. The number of aliphatic hydroxyl groups excluding tert-OH is 1. The number of benzene rings is 1. The summed E-state index contributed by atoms with van der Waals surface area (Å²) in [5, 5.41) is 17.0. The van der Waals surface area contributed by atoms with E-state index < -0.39 is 12.0 Å². The van der Waals surface area contributed by atoms with E-state index in [0.717, 1.165) is 0 Å². The number of halogens is 1. The van der Waals surface area contributed by atoms with E-state index in [1.807, 2.05) is 13.8 Å². The topological polar surface area (TPSA) is 88.2 Å². The van der Waals surface area contributed by atoms with Gasteiger partial charge in [-0.3, -0.25) is 4.79 Å². The van der Waals surface area contributed by atoms with E-state index in [1.54, 1.807) is 24.3 Å². The van der Waals surface area contributed by atoms with Crippen molar-refractivity contribution in [3.8, 4) is 0 Å². The Kier molecular flexibility index (Phi) is 5.51. The van der Waals surface area contributed by atoms with Gasteiger partial charge in [0.15, 0.2) is 11.9 Å². The lowest BCUT2D eigenvalue weighted by atomic mass is 10.1. The fourth-order valence-electron chi connectivity index (χ4n) is 1.79. The number of aliphatic hydroxyl groups is 1. The fraction of sp³-hybridized carbons (Fsp3) is 0.400. The van der Waals surface area contributed by atoms with Gasteiger partial charge in [0.25, 0.3) is 5.91 Å². The Hall–Kier alpha value is -1.92. The third-order valence-electron chi connectivity index (χ3n) is 3.06. The summed E-state index contributed by atoms with van der Waals surface area (Å²) in [6.45, 7) is 4.24. The first-order valence-corrected chi connectivity index (χ1v) is 7.39. The molecule has 1 amide bonds. The summed E-state index contributed by atoms with van der Waals surface area (Å²) < 4.78 is 5.08. The molecule has 1 aromatic heterocycles. The molecule has 118 valence electrons. The van der Waals surface area contributed by atoms with Crippen molar-refractivity contribution in [3.63, 3.8) is 0 Å². The number of nitrogens with zero attached hydrogens (tertiary/aromatic N) is 2. The lowest BCUT2D eigenvalue weighted by Gasteiger charge is -2.11. The van der Waals surface area contributed by atoms with E-state index >= 15 is 0 Å². The first-order valence-electron chi connectivity index (χ1n) is 7.01. The van der Waals surface area contributed by atoms with E-state index in [-0.39, 0.29) is 5.92 Å². The minimum absolute atomic E-state index is 0.169. The van der Waals surface area contributed by atoms with Gasteiger partial charge in [-0.2, -0.15) is 4.98 Å². The van der Waals surface area contributed by atoms with Gasteiger partial charge in [-0.25, -0.2) is 0 Å². The average Bonchev–Trinajstić information content (AvgIpc) is 2.96. The molecule has 1 atom stereocenters. The van der Waals surface area contributed by atoms with Gasteiger partial charge in [0.2, 0.25) is 5.89 Å². The molecular formula is C15H18ClN3O3. The molecule has 22 heavy (non-hydrogen) atoms. The molecule has 2 aromatic rings. The lowest BCUT2D eigenvalue weighted by molar-refractivity contribution is -0.129. The zero-order chi connectivity index (χ0) is 16.1. The van der Waals surface area contributed by atoms with Crippen molar-refractivity contribution in [1.29, 1.82) is 0 Å². The van der Waals surface area contributed by atoms with Gasteiger partial charge in [0.1, 0.15) is 0 Å². The van der Waals surface area contributed by atoms with Crippen LogP contribution in [0.4, 0.5) is 0 Å². The van der Waals surface area contributed by atoms with Crippen LogP contribution < -0.4 is 5.32 Å². The molecule has 0 aliphatic carbocycles. The van der Waals surface area contributed by atoms with Gasteiger partial charge in [-0.1, -0.05) is 42.7 Å². The second-order valence-corrected chi connectivity index (χ2v) is 5.64. The highest BCUT2D eigenvalue weighted by Crippen LogP contribution is 2.16. The molecule has 6 nitrogen and oxygen atoms in total. The molecule has 1 heterocycles. The standard InChI is InChI=1S/C15H18ClN3O3/c1-9(2)15-18-12(19-22-15)7-8-17-14(21)13(20)10-3-5-11(16)6-4-10/h3-6,9,13,20H,7-8H2,1-2H3,(H,17,21)/t13-/m0/s1. The predicted octanol–water partition coefficient (Wildman–Crippen LogP) is 2.24. The van der Waals surface area contributed by atoms with Crippen LogP contribution in [-0.4, -0.2) is 27.7 Å². The van der Waals surface area contributed by atoms with E-state index in [0.29, 0.717) is 35.3 Å². The fourth-order valence-corrected chi connectivity index (χ4v) is 1.92. The average molecular weight is 324 g/mol. The lowest BCUT2D eigenvalue weighted by Crippen LogP contribution is -2.31. The van der Waals surface area contributed by atoms with Crippen LogP contribution in [0.1, 0.15) is 43.1 Å². The van der Waals surface area contributed by atoms with Crippen LogP contribution in [0.3, 0.4) is 0 Å². The minimum Gasteiger partial charge on any atom is -0.378 e. The van der Waals surface area contributed by atoms with Crippen LogP contribution in [0.25, 0.3) is 0 Å². The highest BCUT2D eigenvalue weighted by molar-refractivity contribution is 6.30. The third kappa shape index (κ3) is 4.29. The molecule has 2 rings (SSSR count). The summed E-state index contributed by atoms with van der Waals surface area (Å²) in [4.78, 5) is 16.1. The normalized spacial score (nSPS) is 12.4. The molecule has 0 bridgehead atoms. The number of nitrogens with one attached hydrogen (secondary N) is 1. The van der Waals surface area contributed by atoms with Crippen LogP contribution in [0.2, 0.25) is 5.02 Å². The Morgan fingerprint density at radius 3 is 2.64 bits per heavy atom. The van der Waals surface area contributed by atoms with Crippen molar-refractivity contribution >= 4 is 17.5 Å². The molecule has 1 aromatic carbocycles. The number of hydrogen-bond acceptors (Lipinski definition) is 5.